The van der Waals surface area contributed by atoms with E-state index in [1.165, 1.54) is 0 Å². The number of aliphatic hydroxyl groups is 3. The van der Waals surface area contributed by atoms with Crippen molar-refractivity contribution in [2.75, 3.05) is 0 Å². The average molecular weight is 148 g/mol. The molecule has 0 radical (unpaired) electrons. The molecule has 0 aliphatic carbocycles. The van der Waals surface area contributed by atoms with Gasteiger partial charge >= 0.3 is 1.43 Å². The maximum Gasteiger partial charge on any atom is 1.00 e. The Hall–Kier alpha value is -0.160. The molecule has 1 aliphatic heterocycles. The van der Waals surface area contributed by atoms with Gasteiger partial charge in [-0.15, -0.1) is 0 Å². The van der Waals surface area contributed by atoms with Crippen molar-refractivity contribution in [3.05, 3.63) is 6.92 Å². The molecule has 1 rings (SSSR count). The first-order chi connectivity index (χ1) is 4.61. The van der Waals surface area contributed by atoms with Gasteiger partial charge in [0.25, 0.3) is 0 Å². The van der Waals surface area contributed by atoms with E-state index in [4.69, 9.17) is 20.1 Å². The highest BCUT2D eigenvalue weighted by atomic mass is 16.6. The molecular formula is C6H12O4. The van der Waals surface area contributed by atoms with Crippen LogP contribution in [0, 0.1) is 6.92 Å². The first-order valence-electron chi connectivity index (χ1n) is 3.14. The summed E-state index contributed by atoms with van der Waals surface area (Å²) < 4.78 is 4.70. The predicted octanol–water partition coefficient (Wildman–Crippen LogP) is -1.24. The minimum atomic E-state index is -0.999. The summed E-state index contributed by atoms with van der Waals surface area (Å²) in [4.78, 5) is 0. The third kappa shape index (κ3) is 1.46. The molecule has 4 atom stereocenters. The average Bonchev–Trinajstić information content (AvgIpc) is 1.82. The molecule has 0 aromatic rings. The van der Waals surface area contributed by atoms with Crippen molar-refractivity contribution in [2.45, 2.75) is 31.0 Å². The molecule has 60 valence electrons. The molecule has 1 fully saturated rings. The summed E-state index contributed by atoms with van der Waals surface area (Å²) in [7, 11) is 0. The quantitative estimate of drug-likeness (QED) is 0.376. The van der Waals surface area contributed by atoms with E-state index in [1.807, 2.05) is 0 Å². The van der Waals surface area contributed by atoms with E-state index in [2.05, 4.69) is 6.92 Å². The molecule has 0 amide bonds. The highest BCUT2D eigenvalue weighted by Gasteiger charge is 2.29. The van der Waals surface area contributed by atoms with Crippen LogP contribution >= 0.6 is 0 Å². The highest BCUT2D eigenvalue weighted by Crippen LogP contribution is 2.17. The summed E-state index contributed by atoms with van der Waals surface area (Å²) in [5.74, 6) is 0. The van der Waals surface area contributed by atoms with Crippen LogP contribution in [-0.2, 0) is 4.74 Å². The molecule has 1 saturated heterocycles. The minimum absolute atomic E-state index is 0. The third-order valence-electron chi connectivity index (χ3n) is 1.55. The maximum atomic E-state index is 9.02. The number of rotatable bonds is 0. The van der Waals surface area contributed by atoms with E-state index in [-0.39, 0.29) is 7.85 Å². The molecular weight excluding hydrogens is 136 g/mol. The fraction of sp³-hybridized carbons (Fsp3) is 0.833. The lowest BCUT2D eigenvalue weighted by Crippen LogP contribution is -2.46. The van der Waals surface area contributed by atoms with E-state index in [0.29, 0.717) is 0 Å². The van der Waals surface area contributed by atoms with Crippen molar-refractivity contribution in [3.63, 3.8) is 0 Å². The summed E-state index contributed by atoms with van der Waals surface area (Å²) in [5, 5.41) is 26.8. The summed E-state index contributed by atoms with van der Waals surface area (Å²) in [5.41, 5.74) is 0. The van der Waals surface area contributed by atoms with E-state index in [1.54, 1.807) is 0 Å². The molecule has 10 heavy (non-hydrogen) atoms. The zero-order valence-electron chi connectivity index (χ0n) is 6.47. The Balaban J connectivity index is 0.000001000. The Morgan fingerprint density at radius 2 is 2.00 bits per heavy atom. The maximum absolute atomic E-state index is 9.02. The van der Waals surface area contributed by atoms with Gasteiger partial charge in [-0.1, -0.05) is 0 Å². The Labute approximate surface area is 60.5 Å². The van der Waals surface area contributed by atoms with Crippen LogP contribution in [0.2, 0.25) is 0 Å². The van der Waals surface area contributed by atoms with Crippen LogP contribution in [0.15, 0.2) is 0 Å². The minimum Gasteiger partial charge on any atom is -0.391 e. The fourth-order valence-corrected chi connectivity index (χ4v) is 0.932. The van der Waals surface area contributed by atoms with Gasteiger partial charge < -0.3 is 27.0 Å². The van der Waals surface area contributed by atoms with Crippen molar-refractivity contribution < 1.29 is 21.5 Å². The third-order valence-corrected chi connectivity index (χ3v) is 1.55. The van der Waals surface area contributed by atoms with Crippen LogP contribution in [0.3, 0.4) is 0 Å². The molecule has 0 aromatic carbocycles. The topological polar surface area (TPSA) is 69.9 Å². The smallest absolute Gasteiger partial charge is 0.391 e. The van der Waals surface area contributed by atoms with Crippen molar-refractivity contribution >= 4 is 0 Å². The lowest BCUT2D eigenvalue weighted by Gasteiger charge is -2.36. The number of aliphatic hydroxyl groups excluding tert-OH is 3. The van der Waals surface area contributed by atoms with Crippen molar-refractivity contribution in [1.29, 1.82) is 0 Å². The van der Waals surface area contributed by atoms with E-state index < -0.39 is 24.6 Å². The van der Waals surface area contributed by atoms with E-state index in [9.17, 15) is 0 Å². The van der Waals surface area contributed by atoms with Crippen LogP contribution in [0.4, 0.5) is 0 Å². The number of hydrogen-bond donors (Lipinski definition) is 3. The second-order valence-corrected chi connectivity index (χ2v) is 2.42. The Bertz CT molecular complexity index is 109. The molecule has 0 unspecified atom stereocenters. The lowest BCUT2D eigenvalue weighted by atomic mass is 10.0. The Morgan fingerprint density at radius 3 is 2.50 bits per heavy atom. The summed E-state index contributed by atoms with van der Waals surface area (Å²) in [6, 6.07) is 0. The van der Waals surface area contributed by atoms with Gasteiger partial charge in [-0.05, 0) is 6.10 Å². The van der Waals surface area contributed by atoms with Crippen molar-refractivity contribution in [2.24, 2.45) is 0 Å². The SMILES string of the molecule is [CH2-][C@H]1O[C@@H](O)C[C@@H](O)[C@@H]1O.[H+]. The number of ether oxygens (including phenoxy) is 1. The summed E-state index contributed by atoms with van der Waals surface area (Å²) >= 11 is 0. The van der Waals surface area contributed by atoms with Gasteiger partial charge in [-0.3, -0.25) is 0 Å². The second kappa shape index (κ2) is 2.84. The zero-order chi connectivity index (χ0) is 7.72. The fourth-order valence-electron chi connectivity index (χ4n) is 0.932. The standard InChI is InChI=1S/C6H11O4/c1-3-6(9)4(7)2-5(8)10-3/h3-9H,1-2H2/q-1/p+1/t3-,4-,5-,6-/m1/s1. The molecule has 3 N–H and O–H groups in total. The van der Waals surface area contributed by atoms with Gasteiger partial charge in [0, 0.05) is 6.42 Å². The molecule has 0 spiro atoms. The molecule has 4 heteroatoms. The van der Waals surface area contributed by atoms with Gasteiger partial charge in [0.05, 0.1) is 12.2 Å². The second-order valence-electron chi connectivity index (χ2n) is 2.42. The van der Waals surface area contributed by atoms with E-state index >= 15 is 0 Å². The normalized spacial score (nSPS) is 49.2. The van der Waals surface area contributed by atoms with Gasteiger partial charge in [-0.2, -0.15) is 0 Å². The van der Waals surface area contributed by atoms with Crippen LogP contribution in [0.5, 0.6) is 0 Å². The predicted molar refractivity (Wildman–Crippen MR) is 34.0 cm³/mol. The van der Waals surface area contributed by atoms with Crippen LogP contribution in [-0.4, -0.2) is 39.9 Å². The summed E-state index contributed by atoms with van der Waals surface area (Å²) in [6.45, 7) is 3.39. The molecule has 1 heterocycles. The van der Waals surface area contributed by atoms with Gasteiger partial charge in [0.15, 0.2) is 6.29 Å². The first kappa shape index (κ1) is 7.94. The van der Waals surface area contributed by atoms with Crippen LogP contribution < -0.4 is 0 Å². The zero-order valence-corrected chi connectivity index (χ0v) is 5.47. The van der Waals surface area contributed by atoms with Gasteiger partial charge in [-0.25, -0.2) is 0 Å². The Kier molecular flexibility index (Phi) is 2.25. The molecule has 0 saturated carbocycles. The van der Waals surface area contributed by atoms with Crippen molar-refractivity contribution in [1.82, 2.24) is 0 Å². The Morgan fingerprint density at radius 1 is 1.40 bits per heavy atom. The first-order valence-corrected chi connectivity index (χ1v) is 3.14. The number of hydrogen-bond acceptors (Lipinski definition) is 4. The van der Waals surface area contributed by atoms with Crippen LogP contribution in [0.25, 0.3) is 0 Å². The van der Waals surface area contributed by atoms with Crippen molar-refractivity contribution in [3.8, 4) is 0 Å². The van der Waals surface area contributed by atoms with Crippen LogP contribution in [0.1, 0.15) is 7.85 Å². The molecule has 4 nitrogen and oxygen atoms in total. The highest BCUT2D eigenvalue weighted by molar-refractivity contribution is 4.83. The lowest BCUT2D eigenvalue weighted by molar-refractivity contribution is -0.219. The largest absolute Gasteiger partial charge is 1.00 e. The summed E-state index contributed by atoms with van der Waals surface area (Å²) in [6.07, 6.45) is -3.60. The monoisotopic (exact) mass is 148 g/mol. The van der Waals surface area contributed by atoms with Gasteiger partial charge in [0.1, 0.15) is 0 Å². The molecule has 0 aromatic heterocycles. The molecule has 1 aliphatic rings. The van der Waals surface area contributed by atoms with E-state index in [0.717, 1.165) is 0 Å². The van der Waals surface area contributed by atoms with Gasteiger partial charge in [0.2, 0.25) is 0 Å². The molecule has 0 bridgehead atoms.